The molecular formula is C20H24N4O4S. The molecule has 0 radical (unpaired) electrons. The fraction of sp³-hybridized carbons (Fsp3) is 0.450. The van der Waals surface area contributed by atoms with Crippen LogP contribution in [0.1, 0.15) is 64.3 Å². The monoisotopic (exact) mass is 416 g/mol. The first-order chi connectivity index (χ1) is 13.8. The summed E-state index contributed by atoms with van der Waals surface area (Å²) in [6, 6.07) is 2.89. The molecule has 1 fully saturated rings. The molecule has 0 saturated carbocycles. The topological polar surface area (TPSA) is 92.7 Å². The quantitative estimate of drug-likeness (QED) is 0.696. The molecule has 0 aromatic carbocycles. The lowest BCUT2D eigenvalue weighted by Crippen LogP contribution is -2.32. The first-order valence-electron chi connectivity index (χ1n) is 9.47. The largest absolute Gasteiger partial charge is 0.464 e. The number of nitrogens with zero attached hydrogens (tertiary/aromatic N) is 4. The molecule has 8 nitrogen and oxygen atoms in total. The Bertz CT molecular complexity index is 942. The van der Waals surface area contributed by atoms with Gasteiger partial charge in [0.2, 0.25) is 5.91 Å². The van der Waals surface area contributed by atoms with Gasteiger partial charge in [0.15, 0.2) is 5.69 Å². The van der Waals surface area contributed by atoms with Crippen molar-refractivity contribution >= 4 is 34.9 Å². The van der Waals surface area contributed by atoms with Gasteiger partial charge in [-0.25, -0.2) is 14.8 Å². The van der Waals surface area contributed by atoms with Crippen molar-refractivity contribution in [2.24, 2.45) is 0 Å². The Kier molecular flexibility index (Phi) is 6.26. The van der Waals surface area contributed by atoms with E-state index in [-0.39, 0.29) is 29.4 Å². The molecule has 2 aromatic heterocycles. The van der Waals surface area contributed by atoms with E-state index in [4.69, 9.17) is 4.74 Å². The van der Waals surface area contributed by atoms with Crippen LogP contribution in [0.15, 0.2) is 17.5 Å². The van der Waals surface area contributed by atoms with E-state index < -0.39 is 5.97 Å². The van der Waals surface area contributed by atoms with E-state index >= 15 is 0 Å². The average molecular weight is 417 g/mol. The van der Waals surface area contributed by atoms with Crippen molar-refractivity contribution in [2.75, 3.05) is 25.1 Å². The van der Waals surface area contributed by atoms with E-state index in [2.05, 4.69) is 9.97 Å². The number of anilines is 1. The maximum Gasteiger partial charge on any atom is 0.356 e. The summed E-state index contributed by atoms with van der Waals surface area (Å²) in [6.45, 7) is 6.12. The molecule has 0 bridgehead atoms. The summed E-state index contributed by atoms with van der Waals surface area (Å²) < 4.78 is 4.78. The molecular weight excluding hydrogens is 392 g/mol. The molecule has 3 heterocycles. The number of carbonyl (C=O) groups is 3. The molecule has 2 aromatic rings. The highest BCUT2D eigenvalue weighted by Crippen LogP contribution is 2.35. The second kappa shape index (κ2) is 8.69. The molecule has 154 valence electrons. The molecule has 1 unspecified atom stereocenters. The molecule has 1 aliphatic heterocycles. The lowest BCUT2D eigenvalue weighted by molar-refractivity contribution is -0.116. The number of ether oxygens (including phenoxy) is 1. The third-order valence-corrected chi connectivity index (χ3v) is 5.93. The van der Waals surface area contributed by atoms with Gasteiger partial charge in [-0.15, -0.1) is 11.3 Å². The maximum absolute atomic E-state index is 13.4. The number of hydrogen-bond donors (Lipinski definition) is 0. The SMILES string of the molecule is CCN(C(C)=O)c1cc(C(=O)N2CCCC2c2nc(C)cs2)cc(C(=O)OC)n1. The Labute approximate surface area is 173 Å². The summed E-state index contributed by atoms with van der Waals surface area (Å²) in [5.74, 6) is -0.840. The summed E-state index contributed by atoms with van der Waals surface area (Å²) in [5.41, 5.74) is 1.23. The number of carbonyl (C=O) groups excluding carboxylic acids is 3. The van der Waals surface area contributed by atoms with Crippen LogP contribution in [-0.2, 0) is 9.53 Å². The molecule has 3 rings (SSSR count). The van der Waals surface area contributed by atoms with Crippen molar-refractivity contribution < 1.29 is 19.1 Å². The zero-order valence-corrected chi connectivity index (χ0v) is 17.8. The van der Waals surface area contributed by atoms with Gasteiger partial charge in [-0.3, -0.25) is 14.5 Å². The number of likely N-dealkylation sites (tertiary alicyclic amines) is 1. The number of thiazole rings is 1. The van der Waals surface area contributed by atoms with Crippen LogP contribution in [-0.4, -0.2) is 52.9 Å². The minimum Gasteiger partial charge on any atom is -0.464 e. The lowest BCUT2D eigenvalue weighted by atomic mass is 10.1. The van der Waals surface area contributed by atoms with E-state index in [1.165, 1.54) is 25.0 Å². The summed E-state index contributed by atoms with van der Waals surface area (Å²) in [5, 5.41) is 2.89. The van der Waals surface area contributed by atoms with Gasteiger partial charge in [0.1, 0.15) is 10.8 Å². The van der Waals surface area contributed by atoms with Gasteiger partial charge >= 0.3 is 5.97 Å². The molecule has 0 aliphatic carbocycles. The number of rotatable bonds is 5. The Balaban J connectivity index is 2.00. The van der Waals surface area contributed by atoms with Crippen LogP contribution in [0.2, 0.25) is 0 Å². The van der Waals surface area contributed by atoms with Gasteiger partial charge in [0, 0.05) is 36.7 Å². The second-order valence-corrected chi connectivity index (χ2v) is 7.73. The normalized spacial score (nSPS) is 16.0. The smallest absolute Gasteiger partial charge is 0.356 e. The highest BCUT2D eigenvalue weighted by molar-refractivity contribution is 7.09. The van der Waals surface area contributed by atoms with Crippen molar-refractivity contribution in [3.8, 4) is 0 Å². The zero-order valence-electron chi connectivity index (χ0n) is 17.0. The van der Waals surface area contributed by atoms with E-state index in [9.17, 15) is 14.4 Å². The van der Waals surface area contributed by atoms with Crippen molar-refractivity contribution in [1.82, 2.24) is 14.9 Å². The average Bonchev–Trinajstić information content (AvgIpc) is 3.35. The predicted octanol–water partition coefficient (Wildman–Crippen LogP) is 2.98. The van der Waals surface area contributed by atoms with Gasteiger partial charge in [0.25, 0.3) is 5.91 Å². The molecule has 1 saturated heterocycles. The fourth-order valence-electron chi connectivity index (χ4n) is 3.49. The number of aromatic nitrogens is 2. The van der Waals surface area contributed by atoms with Crippen molar-refractivity contribution in [1.29, 1.82) is 0 Å². The first kappa shape index (κ1) is 20.9. The maximum atomic E-state index is 13.4. The molecule has 1 atom stereocenters. The molecule has 1 aliphatic rings. The third kappa shape index (κ3) is 4.29. The molecule has 29 heavy (non-hydrogen) atoms. The number of hydrogen-bond acceptors (Lipinski definition) is 7. The van der Waals surface area contributed by atoms with Crippen molar-refractivity contribution in [3.05, 3.63) is 39.5 Å². The zero-order chi connectivity index (χ0) is 21.1. The first-order valence-corrected chi connectivity index (χ1v) is 10.3. The standard InChI is InChI=1S/C20H24N4O4S/c1-5-23(13(3)25)17-10-14(9-15(22-17)20(27)28-4)19(26)24-8-6-7-16(24)18-21-12(2)11-29-18/h9-11,16H,5-8H2,1-4H3. The summed E-state index contributed by atoms with van der Waals surface area (Å²) >= 11 is 1.55. The Morgan fingerprint density at radius 3 is 2.66 bits per heavy atom. The van der Waals surface area contributed by atoms with Crippen molar-refractivity contribution in [2.45, 2.75) is 39.7 Å². The molecule has 0 spiro atoms. The van der Waals surface area contributed by atoms with Gasteiger partial charge < -0.3 is 9.64 Å². The van der Waals surface area contributed by atoms with Gasteiger partial charge in [0.05, 0.1) is 13.2 Å². The van der Waals surface area contributed by atoms with Crippen LogP contribution in [0.4, 0.5) is 5.82 Å². The number of esters is 1. The number of pyridine rings is 1. The van der Waals surface area contributed by atoms with Gasteiger partial charge in [-0.1, -0.05) is 0 Å². The van der Waals surface area contributed by atoms with Crippen LogP contribution in [0.25, 0.3) is 0 Å². The van der Waals surface area contributed by atoms with Crippen LogP contribution in [0, 0.1) is 6.92 Å². The molecule has 0 N–H and O–H groups in total. The summed E-state index contributed by atoms with van der Waals surface area (Å²) in [7, 11) is 1.25. The molecule has 9 heteroatoms. The van der Waals surface area contributed by atoms with Gasteiger partial charge in [-0.2, -0.15) is 0 Å². The minimum absolute atomic E-state index is 0.00566. The second-order valence-electron chi connectivity index (χ2n) is 6.84. The van der Waals surface area contributed by atoms with E-state index in [0.717, 1.165) is 23.5 Å². The van der Waals surface area contributed by atoms with Crippen LogP contribution in [0.3, 0.4) is 0 Å². The van der Waals surface area contributed by atoms with E-state index in [1.54, 1.807) is 29.2 Å². The predicted molar refractivity (Wildman–Crippen MR) is 109 cm³/mol. The fourth-order valence-corrected chi connectivity index (χ4v) is 4.43. The van der Waals surface area contributed by atoms with Gasteiger partial charge in [-0.05, 0) is 38.8 Å². The third-order valence-electron chi connectivity index (χ3n) is 4.86. The summed E-state index contributed by atoms with van der Waals surface area (Å²) in [4.78, 5) is 49.4. The number of amides is 2. The number of methoxy groups -OCH3 is 1. The lowest BCUT2D eigenvalue weighted by Gasteiger charge is -2.24. The summed E-state index contributed by atoms with van der Waals surface area (Å²) in [6.07, 6.45) is 1.72. The van der Waals surface area contributed by atoms with Crippen LogP contribution >= 0.6 is 11.3 Å². The Morgan fingerprint density at radius 1 is 1.31 bits per heavy atom. The molecule has 2 amide bonds. The van der Waals surface area contributed by atoms with E-state index in [1.807, 2.05) is 12.3 Å². The Morgan fingerprint density at radius 2 is 2.07 bits per heavy atom. The van der Waals surface area contributed by atoms with Crippen LogP contribution in [0.5, 0.6) is 0 Å². The van der Waals surface area contributed by atoms with E-state index in [0.29, 0.717) is 18.7 Å². The van der Waals surface area contributed by atoms with Crippen molar-refractivity contribution in [3.63, 3.8) is 0 Å². The Hall–Kier alpha value is -2.81. The highest BCUT2D eigenvalue weighted by Gasteiger charge is 2.33. The van der Waals surface area contributed by atoms with Crippen LogP contribution < -0.4 is 4.90 Å². The number of aryl methyl sites for hydroxylation is 1. The highest BCUT2D eigenvalue weighted by atomic mass is 32.1. The minimum atomic E-state index is -0.658.